The monoisotopic (exact) mass is 854 g/mol. The van der Waals surface area contributed by atoms with Gasteiger partial charge in [0.2, 0.25) is 10.0 Å². The predicted molar refractivity (Wildman–Crippen MR) is 232 cm³/mol. The van der Waals surface area contributed by atoms with Crippen molar-refractivity contribution >= 4 is 46.9 Å². The number of rotatable bonds is 13. The van der Waals surface area contributed by atoms with Gasteiger partial charge in [-0.05, 0) is 98.4 Å². The van der Waals surface area contributed by atoms with Crippen molar-refractivity contribution in [3.8, 4) is 0 Å². The topological polar surface area (TPSA) is 147 Å². The summed E-state index contributed by atoms with van der Waals surface area (Å²) in [6.07, 6.45) is 2.65. The number of hydrogen-bond acceptors (Lipinski definition) is 10. The molecule has 16 heteroatoms. The van der Waals surface area contributed by atoms with Gasteiger partial charge in [0, 0.05) is 50.9 Å². The van der Waals surface area contributed by atoms with Crippen molar-refractivity contribution in [1.29, 1.82) is 0 Å². The molecule has 1 saturated carbocycles. The van der Waals surface area contributed by atoms with E-state index in [1.165, 1.54) is 4.31 Å². The average molecular weight is 855 g/mol. The van der Waals surface area contributed by atoms with Gasteiger partial charge in [0.05, 0.1) is 46.4 Å². The molecule has 0 bridgehead atoms. The highest BCUT2D eigenvalue weighted by Crippen LogP contribution is 2.46. The van der Waals surface area contributed by atoms with E-state index in [4.69, 9.17) is 19.3 Å². The van der Waals surface area contributed by atoms with Crippen LogP contribution < -0.4 is 4.90 Å². The quantitative estimate of drug-likeness (QED) is 0.105. The van der Waals surface area contributed by atoms with E-state index in [0.717, 1.165) is 29.8 Å². The Hall–Kier alpha value is -3.70. The van der Waals surface area contributed by atoms with Gasteiger partial charge in [-0.3, -0.25) is 9.58 Å². The van der Waals surface area contributed by atoms with Crippen molar-refractivity contribution in [2.45, 2.75) is 153 Å². The largest absolute Gasteiger partial charge is 0.445 e. The van der Waals surface area contributed by atoms with Crippen molar-refractivity contribution in [3.05, 3.63) is 54.2 Å². The molecule has 2 amide bonds. The second kappa shape index (κ2) is 16.6. The summed E-state index contributed by atoms with van der Waals surface area (Å²) in [5.41, 5.74) is -0.359. The molecule has 3 aromatic rings. The molecule has 3 heterocycles. The molecular weight excluding hydrogens is 789 g/mol. The lowest BCUT2D eigenvalue weighted by Crippen LogP contribution is -2.59. The highest BCUT2D eigenvalue weighted by atomic mass is 32.2. The maximum absolute atomic E-state index is 15.0. The minimum absolute atomic E-state index is 0.0471. The Kier molecular flexibility index (Phi) is 12.6. The Morgan fingerprint density at radius 1 is 0.983 bits per heavy atom. The van der Waals surface area contributed by atoms with Gasteiger partial charge in [0.1, 0.15) is 18.9 Å². The van der Waals surface area contributed by atoms with Crippen LogP contribution >= 0.6 is 0 Å². The number of amides is 2. The Labute approximate surface area is 351 Å². The second-order valence-corrected chi connectivity index (χ2v) is 27.4. The molecule has 1 aromatic heterocycles. The van der Waals surface area contributed by atoms with Crippen molar-refractivity contribution in [2.24, 2.45) is 0 Å². The maximum Gasteiger partial charge on any atom is 0.410 e. The van der Waals surface area contributed by atoms with Crippen molar-refractivity contribution in [1.82, 2.24) is 23.9 Å². The smallest absolute Gasteiger partial charge is 0.410 e. The fraction of sp³-hybridized carbons (Fsp3) is 0.651. The van der Waals surface area contributed by atoms with E-state index in [9.17, 15) is 23.1 Å². The van der Waals surface area contributed by atoms with Gasteiger partial charge in [-0.2, -0.15) is 9.40 Å². The molecule has 0 radical (unpaired) electrons. The summed E-state index contributed by atoms with van der Waals surface area (Å²) in [4.78, 5) is 32.6. The van der Waals surface area contributed by atoms with Crippen molar-refractivity contribution < 1.29 is 37.3 Å². The third-order valence-electron chi connectivity index (χ3n) is 11.8. The van der Waals surface area contributed by atoms with E-state index in [-0.39, 0.29) is 43.0 Å². The lowest BCUT2D eigenvalue weighted by atomic mass is 9.96. The number of carbonyl (C=O) groups is 2. The molecule has 1 N–H and O–H groups in total. The summed E-state index contributed by atoms with van der Waals surface area (Å²) < 4.78 is 51.0. The van der Waals surface area contributed by atoms with E-state index < -0.39 is 53.0 Å². The number of nitrogens with zero attached hydrogens (tertiary/aromatic N) is 6. The summed E-state index contributed by atoms with van der Waals surface area (Å²) in [6, 6.07) is 12.3. The number of carbonyl (C=O) groups excluding carboxylic acids is 2. The van der Waals surface area contributed by atoms with Crippen LogP contribution in [0.15, 0.2) is 53.6 Å². The van der Waals surface area contributed by atoms with Crippen LogP contribution in [0.2, 0.25) is 25.7 Å². The van der Waals surface area contributed by atoms with Crippen LogP contribution in [0.3, 0.4) is 0 Å². The predicted octanol–water partition coefficient (Wildman–Crippen LogP) is 7.45. The van der Waals surface area contributed by atoms with Crippen LogP contribution in [-0.2, 0) is 30.8 Å². The van der Waals surface area contributed by atoms with Gasteiger partial charge in [-0.15, -0.1) is 0 Å². The molecule has 6 rings (SSSR count). The van der Waals surface area contributed by atoms with Crippen LogP contribution in [0.1, 0.15) is 86.3 Å². The van der Waals surface area contributed by atoms with Gasteiger partial charge in [0.25, 0.3) is 0 Å². The lowest BCUT2D eigenvalue weighted by Gasteiger charge is -2.45. The SMILES string of the molecule is C[C@H]1CN(c2cc(S(=O)(=O)N(COCC[Si](C)(C)C)C3(C)CC3)cc3c2cnn3[C@@H]2C[C@@H](C(C)(C)O)N(C(=O)OCc3ccccc3)C2)C[C@H](C)N1C(=O)OC(C)(C)C. The molecule has 2 saturated heterocycles. The van der Waals surface area contributed by atoms with Gasteiger partial charge in [0.15, 0.2) is 0 Å². The van der Waals surface area contributed by atoms with Gasteiger partial charge >= 0.3 is 12.2 Å². The Balaban J connectivity index is 1.39. The van der Waals surface area contributed by atoms with Crippen molar-refractivity contribution in [2.75, 3.05) is 37.9 Å². The summed E-state index contributed by atoms with van der Waals surface area (Å²) in [7, 11) is -5.52. The first-order valence-electron chi connectivity index (χ1n) is 21.0. The lowest BCUT2D eigenvalue weighted by molar-refractivity contribution is -0.00568. The first kappa shape index (κ1) is 44.8. The highest BCUT2D eigenvalue weighted by molar-refractivity contribution is 7.89. The molecule has 3 aliphatic rings. The molecule has 14 nitrogen and oxygen atoms in total. The van der Waals surface area contributed by atoms with Crippen LogP contribution in [-0.4, -0.2) is 126 Å². The van der Waals surface area contributed by atoms with E-state index in [2.05, 4.69) is 24.5 Å². The van der Waals surface area contributed by atoms with Crippen molar-refractivity contribution in [3.63, 3.8) is 0 Å². The molecule has 2 aliphatic heterocycles. The van der Waals surface area contributed by atoms with Gasteiger partial charge in [-0.1, -0.05) is 50.0 Å². The molecular formula is C43H66N6O8SSi. The molecule has 326 valence electrons. The first-order chi connectivity index (χ1) is 27.4. The van der Waals surface area contributed by atoms with Crippen LogP contribution in [0.5, 0.6) is 0 Å². The third-order valence-corrected chi connectivity index (χ3v) is 15.4. The van der Waals surface area contributed by atoms with Gasteiger partial charge < -0.3 is 29.1 Å². The van der Waals surface area contributed by atoms with Crippen LogP contribution in [0.4, 0.5) is 15.3 Å². The zero-order valence-electron chi connectivity index (χ0n) is 36.9. The fourth-order valence-electron chi connectivity index (χ4n) is 8.26. The Bertz CT molecular complexity index is 2080. The minimum atomic E-state index is -4.10. The average Bonchev–Trinajstić information content (AvgIpc) is 3.49. The molecule has 3 fully saturated rings. The summed E-state index contributed by atoms with van der Waals surface area (Å²) in [5, 5.41) is 17.0. The highest BCUT2D eigenvalue weighted by Gasteiger charge is 2.50. The van der Waals surface area contributed by atoms with Gasteiger partial charge in [-0.25, -0.2) is 18.0 Å². The maximum atomic E-state index is 15.0. The van der Waals surface area contributed by atoms with E-state index >= 15 is 0 Å². The normalized spacial score (nSPS) is 22.6. The number of hydrogen-bond donors (Lipinski definition) is 1. The fourth-order valence-corrected chi connectivity index (χ4v) is 10.8. The minimum Gasteiger partial charge on any atom is -0.445 e. The third kappa shape index (κ3) is 10.3. The number of ether oxygens (including phenoxy) is 3. The molecule has 2 aromatic carbocycles. The zero-order valence-corrected chi connectivity index (χ0v) is 38.7. The number of fused-ring (bicyclic) bond motifs is 1. The van der Waals surface area contributed by atoms with Crippen LogP contribution in [0.25, 0.3) is 10.9 Å². The standard InChI is InChI=1S/C43H66N6O8SSi/c1-30-25-45(26-31(2)48(30)40(51)57-41(3,4)5)36-22-34(58(53,54)47(43(8)17-18-43)29-55-19-20-59(9,10)11)23-37-35(36)24-44-49(37)33-21-38(42(6,7)52)46(27-33)39(50)56-28-32-15-13-12-14-16-32/h12-16,22-24,30-31,33,38,52H,17-21,25-29H2,1-11H3/t30-,31-,33+,38-/m0/s1. The summed E-state index contributed by atoms with van der Waals surface area (Å²) in [6.45, 7) is 23.2. The molecule has 0 spiro atoms. The number of aromatic nitrogens is 2. The summed E-state index contributed by atoms with van der Waals surface area (Å²) >= 11 is 0. The number of piperazine rings is 1. The van der Waals surface area contributed by atoms with E-state index in [1.54, 1.807) is 46.7 Å². The number of anilines is 1. The molecule has 59 heavy (non-hydrogen) atoms. The number of sulfonamides is 1. The Morgan fingerprint density at radius 3 is 2.20 bits per heavy atom. The number of benzene rings is 2. The van der Waals surface area contributed by atoms with E-state index in [1.807, 2.05) is 71.9 Å². The Morgan fingerprint density at radius 2 is 1.63 bits per heavy atom. The number of aliphatic hydroxyl groups is 1. The zero-order chi connectivity index (χ0) is 43.3. The molecule has 0 unspecified atom stereocenters. The first-order valence-corrected chi connectivity index (χ1v) is 26.1. The summed E-state index contributed by atoms with van der Waals surface area (Å²) in [5.74, 6) is 0. The molecule has 4 atom stereocenters. The van der Waals surface area contributed by atoms with E-state index in [0.29, 0.717) is 37.3 Å². The number of likely N-dealkylation sites (tertiary alicyclic amines) is 1. The molecule has 1 aliphatic carbocycles. The van der Waals surface area contributed by atoms with Crippen LogP contribution in [0, 0.1) is 0 Å². The second-order valence-electron chi connectivity index (χ2n) is 19.9.